The van der Waals surface area contributed by atoms with Crippen LogP contribution in [-0.2, 0) is 4.79 Å². The van der Waals surface area contributed by atoms with Crippen molar-refractivity contribution in [2.75, 3.05) is 6.54 Å². The molecule has 0 aliphatic rings. The number of nitrogens with one attached hydrogen (secondary N) is 2. The molecule has 0 aromatic carbocycles. The smallest absolute Gasteiger partial charge is 0.234 e. The molecule has 1 unspecified atom stereocenters. The van der Waals surface area contributed by atoms with E-state index in [0.717, 1.165) is 5.56 Å². The van der Waals surface area contributed by atoms with Gasteiger partial charge in [0.15, 0.2) is 0 Å². The lowest BCUT2D eigenvalue weighted by molar-refractivity contribution is -0.121. The van der Waals surface area contributed by atoms with E-state index in [-0.39, 0.29) is 18.0 Å². The summed E-state index contributed by atoms with van der Waals surface area (Å²) in [6, 6.07) is 4.22. The van der Waals surface area contributed by atoms with Crippen molar-refractivity contribution in [1.29, 1.82) is 0 Å². The number of rotatable bonds is 6. The molecule has 100 valence electrons. The van der Waals surface area contributed by atoms with Gasteiger partial charge in [0.25, 0.3) is 0 Å². The van der Waals surface area contributed by atoms with Gasteiger partial charge in [-0.25, -0.2) is 0 Å². The maximum absolute atomic E-state index is 11.7. The predicted octanol–water partition coefficient (Wildman–Crippen LogP) is 1.89. The van der Waals surface area contributed by atoms with Gasteiger partial charge in [0.1, 0.15) is 0 Å². The molecule has 0 saturated heterocycles. The fraction of sp³-hybridized carbons (Fsp3) is 0.571. The SMILES string of the molecule is CC(C)C(C)NC(=O)CN[C@H](C)c1cccnc1. The average Bonchev–Trinajstić information content (AvgIpc) is 2.36. The van der Waals surface area contributed by atoms with E-state index in [0.29, 0.717) is 12.5 Å². The third kappa shape index (κ3) is 4.84. The standard InChI is InChI=1S/C14H23N3O/c1-10(2)11(3)17-14(18)9-16-12(4)13-6-5-7-15-8-13/h5-8,10-12,16H,9H2,1-4H3,(H,17,18)/t11?,12-/m1/s1. The van der Waals surface area contributed by atoms with Crippen LogP contribution < -0.4 is 10.6 Å². The third-order valence-electron chi connectivity index (χ3n) is 3.14. The Morgan fingerprint density at radius 1 is 1.33 bits per heavy atom. The first-order chi connectivity index (χ1) is 8.50. The minimum atomic E-state index is 0.0342. The monoisotopic (exact) mass is 249 g/mol. The number of amides is 1. The van der Waals surface area contributed by atoms with Gasteiger partial charge in [-0.05, 0) is 31.4 Å². The molecule has 0 aliphatic heterocycles. The molecular weight excluding hydrogens is 226 g/mol. The Labute approximate surface area is 109 Å². The quantitative estimate of drug-likeness (QED) is 0.809. The highest BCUT2D eigenvalue weighted by atomic mass is 16.1. The molecule has 1 aromatic heterocycles. The van der Waals surface area contributed by atoms with E-state index < -0.39 is 0 Å². The highest BCUT2D eigenvalue weighted by molar-refractivity contribution is 5.78. The highest BCUT2D eigenvalue weighted by Crippen LogP contribution is 2.08. The van der Waals surface area contributed by atoms with Crippen LogP contribution in [0.25, 0.3) is 0 Å². The van der Waals surface area contributed by atoms with Crippen molar-refractivity contribution in [3.05, 3.63) is 30.1 Å². The Bertz CT molecular complexity index is 365. The zero-order chi connectivity index (χ0) is 13.5. The van der Waals surface area contributed by atoms with E-state index >= 15 is 0 Å². The minimum absolute atomic E-state index is 0.0342. The van der Waals surface area contributed by atoms with Crippen LogP contribution in [0.15, 0.2) is 24.5 Å². The zero-order valence-corrected chi connectivity index (χ0v) is 11.6. The maximum Gasteiger partial charge on any atom is 0.234 e. The van der Waals surface area contributed by atoms with Gasteiger partial charge in [-0.2, -0.15) is 0 Å². The van der Waals surface area contributed by atoms with Crippen molar-refractivity contribution in [3.8, 4) is 0 Å². The van der Waals surface area contributed by atoms with E-state index in [4.69, 9.17) is 0 Å². The van der Waals surface area contributed by atoms with Gasteiger partial charge < -0.3 is 10.6 Å². The largest absolute Gasteiger partial charge is 0.352 e. The van der Waals surface area contributed by atoms with Crippen molar-refractivity contribution in [3.63, 3.8) is 0 Å². The van der Waals surface area contributed by atoms with Crippen LogP contribution >= 0.6 is 0 Å². The van der Waals surface area contributed by atoms with Gasteiger partial charge in [0, 0.05) is 24.5 Å². The Hall–Kier alpha value is -1.42. The fourth-order valence-electron chi connectivity index (χ4n) is 1.47. The number of carbonyl (C=O) groups is 1. The maximum atomic E-state index is 11.7. The van der Waals surface area contributed by atoms with Crippen LogP contribution in [-0.4, -0.2) is 23.5 Å². The molecule has 18 heavy (non-hydrogen) atoms. The molecule has 0 fully saturated rings. The molecule has 1 rings (SSSR count). The van der Waals surface area contributed by atoms with E-state index in [2.05, 4.69) is 29.5 Å². The summed E-state index contributed by atoms with van der Waals surface area (Å²) in [4.78, 5) is 15.8. The van der Waals surface area contributed by atoms with Gasteiger partial charge in [-0.15, -0.1) is 0 Å². The molecule has 2 N–H and O–H groups in total. The molecular formula is C14H23N3O. The van der Waals surface area contributed by atoms with Crippen LogP contribution in [0, 0.1) is 5.92 Å². The van der Waals surface area contributed by atoms with Crippen LogP contribution in [0.3, 0.4) is 0 Å². The van der Waals surface area contributed by atoms with Gasteiger partial charge in [0.2, 0.25) is 5.91 Å². The number of aromatic nitrogens is 1. The molecule has 4 nitrogen and oxygen atoms in total. The molecule has 1 amide bonds. The summed E-state index contributed by atoms with van der Waals surface area (Å²) in [5.74, 6) is 0.483. The van der Waals surface area contributed by atoms with Crippen molar-refractivity contribution in [2.45, 2.75) is 39.8 Å². The van der Waals surface area contributed by atoms with E-state index in [1.807, 2.05) is 32.2 Å². The van der Waals surface area contributed by atoms with Crippen LogP contribution in [0.4, 0.5) is 0 Å². The van der Waals surface area contributed by atoms with E-state index in [1.54, 1.807) is 6.20 Å². The van der Waals surface area contributed by atoms with Crippen LogP contribution in [0.1, 0.15) is 39.3 Å². The average molecular weight is 249 g/mol. The lowest BCUT2D eigenvalue weighted by atomic mass is 10.1. The lowest BCUT2D eigenvalue weighted by Crippen LogP contribution is -2.41. The first-order valence-corrected chi connectivity index (χ1v) is 6.43. The molecule has 0 spiro atoms. The Morgan fingerprint density at radius 2 is 2.06 bits per heavy atom. The molecule has 0 aliphatic carbocycles. The molecule has 4 heteroatoms. The summed E-state index contributed by atoms with van der Waals surface area (Å²) in [7, 11) is 0. The number of nitrogens with zero attached hydrogens (tertiary/aromatic N) is 1. The summed E-state index contributed by atoms with van der Waals surface area (Å²) in [5, 5.41) is 6.16. The minimum Gasteiger partial charge on any atom is -0.352 e. The number of hydrogen-bond acceptors (Lipinski definition) is 3. The number of pyridine rings is 1. The molecule has 1 aromatic rings. The summed E-state index contributed by atoms with van der Waals surface area (Å²) < 4.78 is 0. The topological polar surface area (TPSA) is 54.0 Å². The highest BCUT2D eigenvalue weighted by Gasteiger charge is 2.12. The Morgan fingerprint density at radius 3 is 2.61 bits per heavy atom. The Balaban J connectivity index is 2.35. The lowest BCUT2D eigenvalue weighted by Gasteiger charge is -2.19. The summed E-state index contributed by atoms with van der Waals surface area (Å²) >= 11 is 0. The second-order valence-corrected chi connectivity index (χ2v) is 4.99. The molecule has 0 radical (unpaired) electrons. The summed E-state index contributed by atoms with van der Waals surface area (Å²) in [6.07, 6.45) is 3.56. The number of hydrogen-bond donors (Lipinski definition) is 2. The molecule has 2 atom stereocenters. The summed E-state index contributed by atoms with van der Waals surface area (Å²) in [6.45, 7) is 8.56. The number of carbonyl (C=O) groups excluding carboxylic acids is 1. The van der Waals surface area contributed by atoms with E-state index in [1.165, 1.54) is 0 Å². The zero-order valence-electron chi connectivity index (χ0n) is 11.6. The molecule has 1 heterocycles. The first kappa shape index (κ1) is 14.6. The van der Waals surface area contributed by atoms with Crippen molar-refractivity contribution in [2.24, 2.45) is 5.92 Å². The van der Waals surface area contributed by atoms with Crippen LogP contribution in [0.2, 0.25) is 0 Å². The summed E-state index contributed by atoms with van der Waals surface area (Å²) in [5.41, 5.74) is 1.09. The molecule has 0 saturated carbocycles. The van der Waals surface area contributed by atoms with Gasteiger partial charge >= 0.3 is 0 Å². The van der Waals surface area contributed by atoms with Crippen molar-refractivity contribution in [1.82, 2.24) is 15.6 Å². The van der Waals surface area contributed by atoms with E-state index in [9.17, 15) is 4.79 Å². The molecule has 0 bridgehead atoms. The Kier molecular flexibility index (Phi) is 5.78. The normalized spacial score (nSPS) is 14.3. The van der Waals surface area contributed by atoms with Crippen LogP contribution in [0.5, 0.6) is 0 Å². The first-order valence-electron chi connectivity index (χ1n) is 6.43. The fourth-order valence-corrected chi connectivity index (χ4v) is 1.47. The third-order valence-corrected chi connectivity index (χ3v) is 3.14. The van der Waals surface area contributed by atoms with Crippen molar-refractivity contribution < 1.29 is 4.79 Å². The van der Waals surface area contributed by atoms with Gasteiger partial charge in [0.05, 0.1) is 6.54 Å². The second kappa shape index (κ2) is 7.11. The van der Waals surface area contributed by atoms with Gasteiger partial charge in [-0.1, -0.05) is 19.9 Å². The van der Waals surface area contributed by atoms with Crippen molar-refractivity contribution >= 4 is 5.91 Å². The second-order valence-electron chi connectivity index (χ2n) is 4.99. The van der Waals surface area contributed by atoms with Gasteiger partial charge in [-0.3, -0.25) is 9.78 Å². The predicted molar refractivity (Wildman–Crippen MR) is 73.1 cm³/mol.